The molecule has 0 saturated heterocycles. The molecule has 8 heteroatoms. The highest BCUT2D eigenvalue weighted by atomic mass is 16.6. The van der Waals surface area contributed by atoms with Crippen LogP contribution in [0.4, 0.5) is 5.88 Å². The van der Waals surface area contributed by atoms with Gasteiger partial charge < -0.3 is 9.73 Å². The van der Waals surface area contributed by atoms with Gasteiger partial charge >= 0.3 is 5.88 Å². The number of rotatable bonds is 6. The maximum atomic E-state index is 11.6. The van der Waals surface area contributed by atoms with E-state index in [9.17, 15) is 14.9 Å². The molecule has 0 fully saturated rings. The molecule has 21 heavy (non-hydrogen) atoms. The standard InChI is InChI=1S/C13H14N4O4/c1-2-16-9-10(8-15-16)7-14-12(18)5-3-11-4-6-13(21-11)17(19)20/h3-6,8-9H,2,7H2,1H3,(H,14,18)/b5-3+. The average molecular weight is 290 g/mol. The Morgan fingerprint density at radius 2 is 2.38 bits per heavy atom. The van der Waals surface area contributed by atoms with Crippen LogP contribution in [0.3, 0.4) is 0 Å². The zero-order valence-corrected chi connectivity index (χ0v) is 11.4. The maximum absolute atomic E-state index is 11.6. The fourth-order valence-corrected chi connectivity index (χ4v) is 1.61. The lowest BCUT2D eigenvalue weighted by atomic mass is 10.3. The topological polar surface area (TPSA) is 103 Å². The molecule has 0 spiro atoms. The van der Waals surface area contributed by atoms with Gasteiger partial charge in [-0.3, -0.25) is 19.6 Å². The Morgan fingerprint density at radius 1 is 1.57 bits per heavy atom. The molecule has 110 valence electrons. The molecule has 0 aliphatic carbocycles. The van der Waals surface area contributed by atoms with Crippen LogP contribution in [0.5, 0.6) is 0 Å². The molecule has 0 aliphatic heterocycles. The molecule has 2 aromatic heterocycles. The van der Waals surface area contributed by atoms with E-state index in [-0.39, 0.29) is 17.6 Å². The van der Waals surface area contributed by atoms with E-state index in [4.69, 9.17) is 4.42 Å². The number of carbonyl (C=O) groups excluding carboxylic acids is 1. The van der Waals surface area contributed by atoms with Crippen molar-refractivity contribution in [1.29, 1.82) is 0 Å². The molecule has 0 radical (unpaired) electrons. The summed E-state index contributed by atoms with van der Waals surface area (Å²) in [6.45, 7) is 3.10. The third kappa shape index (κ3) is 4.03. The Hall–Kier alpha value is -2.90. The van der Waals surface area contributed by atoms with Crippen molar-refractivity contribution in [2.24, 2.45) is 0 Å². The van der Waals surface area contributed by atoms with Crippen LogP contribution < -0.4 is 5.32 Å². The molecule has 8 nitrogen and oxygen atoms in total. The number of nitrogens with one attached hydrogen (secondary N) is 1. The lowest BCUT2D eigenvalue weighted by Gasteiger charge is -1.98. The first-order valence-corrected chi connectivity index (χ1v) is 6.30. The van der Waals surface area contributed by atoms with E-state index in [1.807, 2.05) is 13.1 Å². The van der Waals surface area contributed by atoms with Gasteiger partial charge in [-0.05, 0) is 19.1 Å². The average Bonchev–Trinajstić information content (AvgIpc) is 3.11. The molecule has 1 amide bonds. The fraction of sp³-hybridized carbons (Fsp3) is 0.231. The van der Waals surface area contributed by atoms with Gasteiger partial charge in [0.05, 0.1) is 12.3 Å². The Bertz CT molecular complexity index is 671. The van der Waals surface area contributed by atoms with E-state index in [1.54, 1.807) is 10.9 Å². The van der Waals surface area contributed by atoms with Crippen molar-refractivity contribution in [1.82, 2.24) is 15.1 Å². The monoisotopic (exact) mass is 290 g/mol. The second-order valence-corrected chi connectivity index (χ2v) is 4.19. The first-order chi connectivity index (χ1) is 10.1. The van der Waals surface area contributed by atoms with E-state index in [2.05, 4.69) is 10.4 Å². The number of aromatic nitrogens is 2. The van der Waals surface area contributed by atoms with Crippen LogP contribution in [0.2, 0.25) is 0 Å². The van der Waals surface area contributed by atoms with Crippen LogP contribution in [0.25, 0.3) is 6.08 Å². The van der Waals surface area contributed by atoms with E-state index >= 15 is 0 Å². The SMILES string of the molecule is CCn1cc(CNC(=O)/C=C/c2ccc([N+](=O)[O-])o2)cn1. The number of nitro groups is 1. The number of amides is 1. The van der Waals surface area contributed by atoms with Crippen LogP contribution in [0.15, 0.2) is 35.0 Å². The van der Waals surface area contributed by atoms with Gasteiger partial charge in [0.15, 0.2) is 0 Å². The zero-order valence-electron chi connectivity index (χ0n) is 11.4. The molecule has 2 heterocycles. The molecule has 0 atom stereocenters. The van der Waals surface area contributed by atoms with Crippen LogP contribution in [-0.4, -0.2) is 20.6 Å². The van der Waals surface area contributed by atoms with Gasteiger partial charge in [0.1, 0.15) is 10.7 Å². The highest BCUT2D eigenvalue weighted by Gasteiger charge is 2.10. The van der Waals surface area contributed by atoms with Crippen LogP contribution in [-0.2, 0) is 17.9 Å². The fourth-order valence-electron chi connectivity index (χ4n) is 1.61. The minimum atomic E-state index is -0.636. The van der Waals surface area contributed by atoms with Crippen molar-refractivity contribution >= 4 is 17.9 Å². The van der Waals surface area contributed by atoms with Crippen molar-refractivity contribution in [3.8, 4) is 0 Å². The number of carbonyl (C=O) groups is 1. The molecule has 0 aromatic carbocycles. The summed E-state index contributed by atoms with van der Waals surface area (Å²) in [6.07, 6.45) is 6.16. The number of furan rings is 1. The van der Waals surface area contributed by atoms with Crippen molar-refractivity contribution < 1.29 is 14.1 Å². The van der Waals surface area contributed by atoms with E-state index in [0.717, 1.165) is 12.1 Å². The summed E-state index contributed by atoms with van der Waals surface area (Å²) in [5, 5.41) is 17.2. The van der Waals surface area contributed by atoms with Crippen LogP contribution >= 0.6 is 0 Å². The lowest BCUT2D eigenvalue weighted by molar-refractivity contribution is -0.402. The normalized spacial score (nSPS) is 10.9. The third-order valence-electron chi connectivity index (χ3n) is 2.67. The predicted molar refractivity (Wildman–Crippen MR) is 74.1 cm³/mol. The molecule has 2 rings (SSSR count). The first kappa shape index (κ1) is 14.5. The Morgan fingerprint density at radius 3 is 3.00 bits per heavy atom. The largest absolute Gasteiger partial charge is 0.433 e. The molecule has 0 bridgehead atoms. The summed E-state index contributed by atoms with van der Waals surface area (Å²) < 4.78 is 6.66. The van der Waals surface area contributed by atoms with Crippen LogP contribution in [0, 0.1) is 10.1 Å². The third-order valence-corrected chi connectivity index (χ3v) is 2.67. The Balaban J connectivity index is 1.85. The summed E-state index contributed by atoms with van der Waals surface area (Å²) in [6, 6.07) is 2.66. The van der Waals surface area contributed by atoms with E-state index in [1.165, 1.54) is 24.3 Å². The molecule has 0 aliphatic rings. The highest BCUT2D eigenvalue weighted by molar-refractivity contribution is 5.91. The minimum absolute atomic E-state index is 0.246. The van der Waals surface area contributed by atoms with Gasteiger partial charge in [-0.25, -0.2) is 0 Å². The number of hydrogen-bond donors (Lipinski definition) is 1. The summed E-state index contributed by atoms with van der Waals surface area (Å²) in [4.78, 5) is 21.4. The van der Waals surface area contributed by atoms with Gasteiger partial charge in [0, 0.05) is 30.9 Å². The number of hydrogen-bond acceptors (Lipinski definition) is 5. The molecular weight excluding hydrogens is 276 g/mol. The van der Waals surface area contributed by atoms with Crippen LogP contribution in [0.1, 0.15) is 18.2 Å². The number of nitrogens with zero attached hydrogens (tertiary/aromatic N) is 3. The Labute approximate surface area is 120 Å². The highest BCUT2D eigenvalue weighted by Crippen LogP contribution is 2.16. The molecule has 0 saturated carbocycles. The zero-order chi connectivity index (χ0) is 15.2. The van der Waals surface area contributed by atoms with E-state index < -0.39 is 4.92 Å². The van der Waals surface area contributed by atoms with Gasteiger partial charge in [0.2, 0.25) is 5.91 Å². The van der Waals surface area contributed by atoms with Gasteiger partial charge in [-0.1, -0.05) is 0 Å². The molecule has 1 N–H and O–H groups in total. The minimum Gasteiger partial charge on any atom is -0.401 e. The molecule has 0 unspecified atom stereocenters. The predicted octanol–water partition coefficient (Wildman–Crippen LogP) is 1.73. The second-order valence-electron chi connectivity index (χ2n) is 4.19. The van der Waals surface area contributed by atoms with Crippen molar-refractivity contribution in [3.05, 3.63) is 52.0 Å². The summed E-state index contributed by atoms with van der Waals surface area (Å²) in [5.41, 5.74) is 0.896. The van der Waals surface area contributed by atoms with Gasteiger partial charge in [0.25, 0.3) is 0 Å². The first-order valence-electron chi connectivity index (χ1n) is 6.30. The summed E-state index contributed by atoms with van der Waals surface area (Å²) in [5.74, 6) is -0.434. The van der Waals surface area contributed by atoms with Gasteiger partial charge in [-0.2, -0.15) is 5.10 Å². The van der Waals surface area contributed by atoms with Crippen molar-refractivity contribution in [2.45, 2.75) is 20.0 Å². The maximum Gasteiger partial charge on any atom is 0.433 e. The van der Waals surface area contributed by atoms with E-state index in [0.29, 0.717) is 6.54 Å². The quantitative estimate of drug-likeness (QED) is 0.495. The van der Waals surface area contributed by atoms with Gasteiger partial charge in [-0.15, -0.1) is 0 Å². The second kappa shape index (κ2) is 6.51. The number of aryl methyl sites for hydroxylation is 1. The molecular formula is C13H14N4O4. The van der Waals surface area contributed by atoms with Crippen molar-refractivity contribution in [2.75, 3.05) is 0 Å². The summed E-state index contributed by atoms with van der Waals surface area (Å²) in [7, 11) is 0. The molecule has 2 aromatic rings. The smallest absolute Gasteiger partial charge is 0.401 e. The Kier molecular flexibility index (Phi) is 4.50. The van der Waals surface area contributed by atoms with Crippen molar-refractivity contribution in [3.63, 3.8) is 0 Å². The summed E-state index contributed by atoms with van der Waals surface area (Å²) >= 11 is 0. The lowest BCUT2D eigenvalue weighted by Crippen LogP contribution is -2.19.